The first-order valence-electron chi connectivity index (χ1n) is 18.5. The van der Waals surface area contributed by atoms with Gasteiger partial charge in [0.05, 0.1) is 62.3 Å². The van der Waals surface area contributed by atoms with Crippen LogP contribution >= 0.6 is 0 Å². The number of hydrogen-bond donors (Lipinski definition) is 6. The molecule has 0 saturated carbocycles. The molecular weight excluding hydrogens is 720 g/mol. The summed E-state index contributed by atoms with van der Waals surface area (Å²) in [5.74, 6) is 6.85. The highest BCUT2D eigenvalue weighted by Gasteiger charge is 2.39. The van der Waals surface area contributed by atoms with E-state index in [1.54, 1.807) is 22.2 Å². The Bertz CT molecular complexity index is 1940. The Morgan fingerprint density at radius 1 is 0.696 bits per heavy atom. The first-order valence-corrected chi connectivity index (χ1v) is 18.5. The number of benzene rings is 2. The lowest BCUT2D eigenvalue weighted by molar-refractivity contribution is -0.137. The lowest BCUT2D eigenvalue weighted by atomic mass is 10.1. The number of nitrogens with zero attached hydrogens (tertiary/aromatic N) is 4. The van der Waals surface area contributed by atoms with E-state index >= 15 is 0 Å². The van der Waals surface area contributed by atoms with Crippen molar-refractivity contribution in [2.75, 3.05) is 27.3 Å². The van der Waals surface area contributed by atoms with E-state index in [-0.39, 0.29) is 12.1 Å². The number of aromatic nitrogens is 4. The van der Waals surface area contributed by atoms with Gasteiger partial charge in [-0.3, -0.25) is 9.59 Å². The number of imidazole rings is 2. The number of H-pyrrole nitrogens is 2. The van der Waals surface area contributed by atoms with E-state index in [4.69, 9.17) is 0 Å². The maximum atomic E-state index is 13.3. The van der Waals surface area contributed by atoms with Crippen LogP contribution in [0.1, 0.15) is 74.4 Å². The zero-order valence-corrected chi connectivity index (χ0v) is 31.6. The van der Waals surface area contributed by atoms with Crippen LogP contribution in [-0.2, 0) is 19.1 Å². The fourth-order valence-corrected chi connectivity index (χ4v) is 7.05. The third kappa shape index (κ3) is 8.85. The maximum absolute atomic E-state index is 13.3. The molecule has 2 aliphatic heterocycles. The van der Waals surface area contributed by atoms with Crippen LogP contribution in [0.4, 0.5) is 9.59 Å². The van der Waals surface area contributed by atoms with Crippen molar-refractivity contribution in [1.82, 2.24) is 40.4 Å². The molecule has 2 saturated heterocycles. The number of aliphatic hydroxyl groups excluding tert-OH is 2. The van der Waals surface area contributed by atoms with E-state index in [0.717, 1.165) is 46.5 Å². The Labute approximate surface area is 324 Å². The van der Waals surface area contributed by atoms with Gasteiger partial charge in [0.25, 0.3) is 0 Å². The normalized spacial score (nSPS) is 18.6. The van der Waals surface area contributed by atoms with Crippen molar-refractivity contribution < 1.29 is 38.9 Å². The molecule has 0 spiro atoms. The first-order chi connectivity index (χ1) is 27.0. The van der Waals surface area contributed by atoms with E-state index in [1.807, 2.05) is 48.5 Å². The maximum Gasteiger partial charge on any atom is 0.407 e. The molecule has 2 fully saturated rings. The molecule has 6 rings (SSSR count). The predicted molar refractivity (Wildman–Crippen MR) is 203 cm³/mol. The molecule has 2 aromatic heterocycles. The molecule has 16 heteroatoms. The average molecular weight is 767 g/mol. The standard InChI is InChI=1S/C40H46N8O8/c1-23(49)33(45-39(53)55-3)37(51)47-19-5-7-31(47)35-41-21-29(43-35)27-15-11-25(12-16-27)9-10-26-13-17-28(18-14-26)30-22-42-36(44-30)32-8-6-20-48(32)38(52)34(24(2)50)46-40(54)56-4/h11-18,21-24,31-34,49-50H,5-8,19-20H2,1-4H3,(H,41,43)(H,42,44)(H,45,53)(H,46,54)/t23-,24-,31-,32-,33+,34?/m0/s1. The third-order valence-corrected chi connectivity index (χ3v) is 10.1. The lowest BCUT2D eigenvalue weighted by Crippen LogP contribution is -2.53. The van der Waals surface area contributed by atoms with Gasteiger partial charge in [0.2, 0.25) is 11.8 Å². The number of rotatable bonds is 10. The van der Waals surface area contributed by atoms with Gasteiger partial charge in [0.1, 0.15) is 23.7 Å². The fourth-order valence-electron chi connectivity index (χ4n) is 7.05. The van der Waals surface area contributed by atoms with Gasteiger partial charge in [-0.05, 0) is 74.9 Å². The summed E-state index contributed by atoms with van der Waals surface area (Å²) in [5, 5.41) is 25.2. The number of carbonyl (C=O) groups is 4. The highest BCUT2D eigenvalue weighted by Crippen LogP contribution is 2.34. The number of ether oxygens (including phenoxy) is 2. The zero-order valence-electron chi connectivity index (χ0n) is 31.6. The monoisotopic (exact) mass is 766 g/mol. The molecule has 294 valence electrons. The van der Waals surface area contributed by atoms with Gasteiger partial charge in [-0.2, -0.15) is 0 Å². The number of likely N-dealkylation sites (tertiary alicyclic amines) is 2. The van der Waals surface area contributed by atoms with E-state index in [9.17, 15) is 29.4 Å². The molecule has 2 aliphatic rings. The average Bonchev–Trinajstić information content (AvgIpc) is 4.04. The Hall–Kier alpha value is -6.18. The topological polar surface area (TPSA) is 215 Å². The summed E-state index contributed by atoms with van der Waals surface area (Å²) in [6.07, 6.45) is 2.53. The number of nitrogens with one attached hydrogen (secondary N) is 4. The van der Waals surface area contributed by atoms with Gasteiger partial charge in [-0.1, -0.05) is 36.1 Å². The second kappa shape index (κ2) is 17.5. The van der Waals surface area contributed by atoms with Gasteiger partial charge in [-0.15, -0.1) is 0 Å². The molecule has 4 heterocycles. The largest absolute Gasteiger partial charge is 0.453 e. The smallest absolute Gasteiger partial charge is 0.407 e. The summed E-state index contributed by atoms with van der Waals surface area (Å²) in [6.45, 7) is 3.84. The van der Waals surface area contributed by atoms with Crippen LogP contribution in [-0.4, -0.2) is 116 Å². The first kappa shape index (κ1) is 39.5. The van der Waals surface area contributed by atoms with Gasteiger partial charge in [-0.25, -0.2) is 19.6 Å². The van der Waals surface area contributed by atoms with Gasteiger partial charge >= 0.3 is 12.2 Å². The molecule has 6 atom stereocenters. The molecular formula is C40H46N8O8. The molecule has 4 amide bonds. The molecule has 1 unspecified atom stereocenters. The number of alkyl carbamates (subject to hydrolysis) is 2. The zero-order chi connectivity index (χ0) is 39.9. The predicted octanol–water partition coefficient (Wildman–Crippen LogP) is 3.40. The number of aromatic amines is 2. The Kier molecular flexibility index (Phi) is 12.4. The van der Waals surface area contributed by atoms with E-state index in [2.05, 4.69) is 51.9 Å². The van der Waals surface area contributed by atoms with Crippen LogP contribution in [0.15, 0.2) is 60.9 Å². The highest BCUT2D eigenvalue weighted by atomic mass is 16.5. The van der Waals surface area contributed by atoms with Crippen LogP contribution < -0.4 is 10.6 Å². The van der Waals surface area contributed by atoms with Gasteiger partial charge in [0.15, 0.2) is 0 Å². The molecule has 56 heavy (non-hydrogen) atoms. The lowest BCUT2D eigenvalue weighted by Gasteiger charge is -2.29. The summed E-state index contributed by atoms with van der Waals surface area (Å²) in [4.78, 5) is 69.3. The minimum atomic E-state index is -1.14. The Morgan fingerprint density at radius 3 is 1.41 bits per heavy atom. The minimum Gasteiger partial charge on any atom is -0.453 e. The summed E-state index contributed by atoms with van der Waals surface area (Å²) < 4.78 is 9.26. The summed E-state index contributed by atoms with van der Waals surface area (Å²) in [5.41, 5.74) is 4.99. The van der Waals surface area contributed by atoms with Crippen molar-refractivity contribution in [2.45, 2.75) is 75.9 Å². The molecule has 6 N–H and O–H groups in total. The number of aliphatic hydroxyl groups is 2. The Morgan fingerprint density at radius 2 is 1.07 bits per heavy atom. The summed E-state index contributed by atoms with van der Waals surface area (Å²) >= 11 is 0. The summed E-state index contributed by atoms with van der Waals surface area (Å²) in [7, 11) is 2.40. The highest BCUT2D eigenvalue weighted by molar-refractivity contribution is 5.87. The van der Waals surface area contributed by atoms with E-state index < -0.39 is 48.3 Å². The number of amides is 4. The summed E-state index contributed by atoms with van der Waals surface area (Å²) in [6, 6.07) is 12.5. The quantitative estimate of drug-likeness (QED) is 0.129. The molecule has 16 nitrogen and oxygen atoms in total. The van der Waals surface area contributed by atoms with Crippen LogP contribution in [0, 0.1) is 11.8 Å². The molecule has 0 bridgehead atoms. The van der Waals surface area contributed by atoms with Crippen molar-refractivity contribution in [3.05, 3.63) is 83.7 Å². The van der Waals surface area contributed by atoms with Crippen LogP contribution in [0.3, 0.4) is 0 Å². The van der Waals surface area contributed by atoms with Crippen molar-refractivity contribution in [3.8, 4) is 34.4 Å². The SMILES string of the molecule is COC(=O)NC(C(=O)N1CCC[C@H]1c1ncc(-c2ccc(C#Cc3ccc(-c4cnc([C@@H]5CCCN5C(=O)[C@H](NC(=O)OC)[C@H](C)O)[nH]4)cc3)cc2)[nH]1)[C@H](C)O. The Balaban J connectivity index is 1.08. The van der Waals surface area contributed by atoms with Crippen molar-refractivity contribution in [3.63, 3.8) is 0 Å². The van der Waals surface area contributed by atoms with Crippen molar-refractivity contribution in [1.29, 1.82) is 0 Å². The molecule has 0 radical (unpaired) electrons. The third-order valence-electron chi connectivity index (χ3n) is 10.1. The fraction of sp³-hybridized carbons (Fsp3) is 0.400. The second-order valence-electron chi connectivity index (χ2n) is 13.9. The second-order valence-corrected chi connectivity index (χ2v) is 13.9. The molecule has 0 aliphatic carbocycles. The van der Waals surface area contributed by atoms with Crippen molar-refractivity contribution in [2.24, 2.45) is 0 Å². The minimum absolute atomic E-state index is 0.329. The molecule has 4 aromatic rings. The van der Waals surface area contributed by atoms with Crippen LogP contribution in [0.25, 0.3) is 22.5 Å². The van der Waals surface area contributed by atoms with Gasteiger partial charge in [0, 0.05) is 24.2 Å². The molecule has 2 aromatic carbocycles. The van der Waals surface area contributed by atoms with Gasteiger partial charge < -0.3 is 50.1 Å². The van der Waals surface area contributed by atoms with E-state index in [1.165, 1.54) is 28.1 Å². The van der Waals surface area contributed by atoms with Crippen molar-refractivity contribution >= 4 is 24.0 Å². The van der Waals surface area contributed by atoms with Crippen LogP contribution in [0.5, 0.6) is 0 Å². The number of hydrogen-bond acceptors (Lipinski definition) is 10. The van der Waals surface area contributed by atoms with E-state index in [0.29, 0.717) is 37.6 Å². The van der Waals surface area contributed by atoms with Crippen LogP contribution in [0.2, 0.25) is 0 Å². The number of carbonyl (C=O) groups excluding carboxylic acids is 4. The number of methoxy groups -OCH3 is 2.